The molecular formula is C29H29FN4O3S. The summed E-state index contributed by atoms with van der Waals surface area (Å²) in [7, 11) is -3.57. The van der Waals surface area contributed by atoms with Crippen molar-refractivity contribution in [3.05, 3.63) is 95.4 Å². The molecule has 196 valence electrons. The van der Waals surface area contributed by atoms with Crippen LogP contribution in [0.2, 0.25) is 0 Å². The molecule has 0 bridgehead atoms. The molecule has 1 aliphatic carbocycles. The average Bonchev–Trinajstić information content (AvgIpc) is 3.20. The first kappa shape index (κ1) is 24.0. The molecular weight excluding hydrogens is 503 g/mol. The summed E-state index contributed by atoms with van der Waals surface area (Å²) in [6, 6.07) is 21.1. The largest absolute Gasteiger partial charge is 0.379 e. The first-order chi connectivity index (χ1) is 18.4. The summed E-state index contributed by atoms with van der Waals surface area (Å²) >= 11 is 0. The van der Waals surface area contributed by atoms with E-state index < -0.39 is 10.2 Å². The highest BCUT2D eigenvalue weighted by Crippen LogP contribution is 2.70. The number of halogens is 1. The van der Waals surface area contributed by atoms with Gasteiger partial charge in [0.15, 0.2) is 0 Å². The van der Waals surface area contributed by atoms with Gasteiger partial charge in [0, 0.05) is 42.9 Å². The highest BCUT2D eigenvalue weighted by molar-refractivity contribution is 7.86. The highest BCUT2D eigenvalue weighted by Gasteiger charge is 2.71. The molecule has 7 rings (SSSR count). The van der Waals surface area contributed by atoms with Crippen molar-refractivity contribution in [3.63, 3.8) is 0 Å². The van der Waals surface area contributed by atoms with Crippen molar-refractivity contribution in [1.29, 1.82) is 0 Å². The van der Waals surface area contributed by atoms with Crippen LogP contribution >= 0.6 is 0 Å². The molecule has 1 aromatic heterocycles. The number of aromatic nitrogens is 2. The highest BCUT2D eigenvalue weighted by atomic mass is 32.2. The zero-order valence-corrected chi connectivity index (χ0v) is 21.9. The minimum absolute atomic E-state index is 0.198. The molecule has 7 nitrogen and oxygen atoms in total. The molecule has 38 heavy (non-hydrogen) atoms. The van der Waals surface area contributed by atoms with Crippen LogP contribution in [0.4, 0.5) is 4.39 Å². The zero-order chi connectivity index (χ0) is 26.1. The van der Waals surface area contributed by atoms with Gasteiger partial charge >= 0.3 is 0 Å². The van der Waals surface area contributed by atoms with Crippen molar-refractivity contribution in [2.24, 2.45) is 5.92 Å². The number of hydrogen-bond acceptors (Lipinski definition) is 4. The Kier molecular flexibility index (Phi) is 5.49. The van der Waals surface area contributed by atoms with Crippen molar-refractivity contribution < 1.29 is 17.5 Å². The van der Waals surface area contributed by atoms with E-state index in [4.69, 9.17) is 4.74 Å². The second-order valence-corrected chi connectivity index (χ2v) is 12.5. The van der Waals surface area contributed by atoms with Crippen LogP contribution in [-0.2, 0) is 20.4 Å². The smallest absolute Gasteiger partial charge is 0.282 e. The first-order valence-electron chi connectivity index (χ1n) is 13.0. The minimum atomic E-state index is -3.57. The van der Waals surface area contributed by atoms with Gasteiger partial charge in [0.2, 0.25) is 0 Å². The van der Waals surface area contributed by atoms with E-state index in [1.807, 2.05) is 16.9 Å². The Morgan fingerprint density at radius 3 is 2.47 bits per heavy atom. The molecule has 3 atom stereocenters. The molecule has 2 aliphatic heterocycles. The fraction of sp³-hybridized carbons (Fsp3) is 0.345. The molecule has 4 aromatic rings. The molecule has 3 heterocycles. The van der Waals surface area contributed by atoms with Gasteiger partial charge in [0.1, 0.15) is 5.82 Å². The summed E-state index contributed by atoms with van der Waals surface area (Å²) in [5.74, 6) is 0.166. The molecule has 0 radical (unpaired) electrons. The lowest BCUT2D eigenvalue weighted by Gasteiger charge is -2.32. The molecule has 0 spiro atoms. The molecule has 2 saturated heterocycles. The SMILES string of the molecule is Cc1cc2c(cnn2-c2ccc(F)cc2)cc1[C@]12CN(S(=O)(=O)N3CCOCC3)C[C@H]1[C@@H]2c1ccccc1. The number of aryl methyl sites for hydroxylation is 1. The van der Waals surface area contributed by atoms with Gasteiger partial charge in [0.05, 0.1) is 30.6 Å². The molecule has 3 aromatic carbocycles. The van der Waals surface area contributed by atoms with E-state index in [1.54, 1.807) is 20.7 Å². The minimum Gasteiger partial charge on any atom is -0.379 e. The maximum absolute atomic E-state index is 13.6. The van der Waals surface area contributed by atoms with Crippen LogP contribution in [0.5, 0.6) is 0 Å². The number of nitrogens with zero attached hydrogens (tertiary/aromatic N) is 4. The van der Waals surface area contributed by atoms with Crippen LogP contribution in [-0.4, -0.2) is 66.2 Å². The molecule has 0 unspecified atom stereocenters. The van der Waals surface area contributed by atoms with Crippen molar-refractivity contribution in [2.75, 3.05) is 39.4 Å². The van der Waals surface area contributed by atoms with E-state index in [0.717, 1.165) is 22.2 Å². The molecule has 3 fully saturated rings. The van der Waals surface area contributed by atoms with Crippen molar-refractivity contribution in [3.8, 4) is 5.69 Å². The van der Waals surface area contributed by atoms with Crippen LogP contribution in [0.15, 0.2) is 72.9 Å². The Morgan fingerprint density at radius 1 is 1.00 bits per heavy atom. The lowest BCUT2D eigenvalue weighted by Crippen LogP contribution is -2.49. The molecule has 3 aliphatic rings. The maximum Gasteiger partial charge on any atom is 0.282 e. The number of ether oxygens (including phenoxy) is 1. The zero-order valence-electron chi connectivity index (χ0n) is 21.1. The van der Waals surface area contributed by atoms with Gasteiger partial charge in [-0.2, -0.15) is 22.1 Å². The number of rotatable bonds is 5. The number of hydrogen-bond donors (Lipinski definition) is 0. The van der Waals surface area contributed by atoms with Crippen LogP contribution in [0.3, 0.4) is 0 Å². The average molecular weight is 533 g/mol. The van der Waals surface area contributed by atoms with Crippen molar-refractivity contribution in [1.82, 2.24) is 18.4 Å². The quantitative estimate of drug-likeness (QED) is 0.390. The Hall–Kier alpha value is -3.11. The Morgan fingerprint density at radius 2 is 1.74 bits per heavy atom. The standard InChI is InChI=1S/C29H29FN4O3S/c1-20-15-27-22(17-31-34(27)24-9-7-23(30)8-10-24)16-25(20)29-19-33(38(35,36)32-11-13-37-14-12-32)18-26(29)28(29)21-5-3-2-4-6-21/h2-10,15-17,26,28H,11-14,18-19H2,1H3/t26-,28-,29+/m0/s1. The molecule has 0 amide bonds. The van der Waals surface area contributed by atoms with Crippen LogP contribution < -0.4 is 0 Å². The van der Waals surface area contributed by atoms with Crippen LogP contribution in [0, 0.1) is 18.7 Å². The summed E-state index contributed by atoms with van der Waals surface area (Å²) in [6.45, 7) is 4.71. The number of benzene rings is 3. The third kappa shape index (κ3) is 3.56. The van der Waals surface area contributed by atoms with Gasteiger partial charge in [-0.25, -0.2) is 9.07 Å². The predicted molar refractivity (Wildman–Crippen MR) is 143 cm³/mol. The summed E-state index contributed by atoms with van der Waals surface area (Å²) in [4.78, 5) is 0. The van der Waals surface area contributed by atoms with Crippen LogP contribution in [0.25, 0.3) is 16.6 Å². The fourth-order valence-corrected chi connectivity index (χ4v) is 8.47. The lowest BCUT2D eigenvalue weighted by molar-refractivity contribution is 0.0703. The lowest BCUT2D eigenvalue weighted by atomic mass is 9.87. The molecule has 9 heteroatoms. The summed E-state index contributed by atoms with van der Waals surface area (Å²) in [6.07, 6.45) is 1.84. The summed E-state index contributed by atoms with van der Waals surface area (Å²) in [5, 5.41) is 5.59. The number of piperidine rings is 1. The fourth-order valence-electron chi connectivity index (χ4n) is 6.81. The van der Waals surface area contributed by atoms with E-state index in [1.165, 1.54) is 23.3 Å². The topological polar surface area (TPSA) is 67.7 Å². The van der Waals surface area contributed by atoms with Gasteiger partial charge in [-0.1, -0.05) is 30.3 Å². The molecule has 1 saturated carbocycles. The van der Waals surface area contributed by atoms with Crippen LogP contribution in [0.1, 0.15) is 22.6 Å². The van der Waals surface area contributed by atoms with E-state index in [2.05, 4.69) is 48.4 Å². The second kappa shape index (κ2) is 8.71. The first-order valence-corrected chi connectivity index (χ1v) is 14.4. The van der Waals surface area contributed by atoms with Gasteiger partial charge in [-0.3, -0.25) is 0 Å². The van der Waals surface area contributed by atoms with Gasteiger partial charge in [0.25, 0.3) is 10.2 Å². The number of fused-ring (bicyclic) bond motifs is 2. The molecule has 0 N–H and O–H groups in total. The second-order valence-electron chi connectivity index (χ2n) is 10.6. The third-order valence-electron chi connectivity index (χ3n) is 8.62. The Bertz CT molecular complexity index is 1620. The summed E-state index contributed by atoms with van der Waals surface area (Å²) in [5.41, 5.74) is 4.98. The van der Waals surface area contributed by atoms with Gasteiger partial charge < -0.3 is 4.74 Å². The third-order valence-corrected chi connectivity index (χ3v) is 10.6. The van der Waals surface area contributed by atoms with Crippen molar-refractivity contribution in [2.45, 2.75) is 18.3 Å². The van der Waals surface area contributed by atoms with E-state index in [-0.39, 0.29) is 23.1 Å². The van der Waals surface area contributed by atoms with Gasteiger partial charge in [-0.15, -0.1) is 0 Å². The van der Waals surface area contributed by atoms with E-state index >= 15 is 0 Å². The Balaban J connectivity index is 1.30. The van der Waals surface area contributed by atoms with E-state index in [9.17, 15) is 12.8 Å². The Labute approximate surface area is 221 Å². The maximum atomic E-state index is 13.6. The van der Waals surface area contributed by atoms with Crippen molar-refractivity contribution >= 4 is 21.1 Å². The number of morpholine rings is 1. The predicted octanol–water partition coefficient (Wildman–Crippen LogP) is 4.02. The van der Waals surface area contributed by atoms with E-state index in [0.29, 0.717) is 39.4 Å². The normalized spacial score (nSPS) is 26.1. The monoisotopic (exact) mass is 532 g/mol. The van der Waals surface area contributed by atoms with Gasteiger partial charge in [-0.05, 0) is 65.9 Å². The summed E-state index contributed by atoms with van der Waals surface area (Å²) < 4.78 is 51.2.